The molecule has 3 atom stereocenters. The van der Waals surface area contributed by atoms with Crippen LogP contribution in [-0.4, -0.2) is 35.1 Å². The molecule has 0 bridgehead atoms. The van der Waals surface area contributed by atoms with Gasteiger partial charge in [-0.2, -0.15) is 0 Å². The summed E-state index contributed by atoms with van der Waals surface area (Å²) in [6.45, 7) is 2.30. The second-order valence-electron chi connectivity index (χ2n) is 9.15. The van der Waals surface area contributed by atoms with Crippen molar-refractivity contribution in [3.63, 3.8) is 0 Å². The molecule has 0 saturated carbocycles. The van der Waals surface area contributed by atoms with E-state index in [0.29, 0.717) is 16.4 Å². The zero-order chi connectivity index (χ0) is 25.6. The van der Waals surface area contributed by atoms with E-state index in [2.05, 4.69) is 6.92 Å². The minimum atomic E-state index is -0.374. The topological polar surface area (TPSA) is 52.6 Å². The largest absolute Gasteiger partial charge is 0.461 e. The van der Waals surface area contributed by atoms with Crippen LogP contribution < -0.4 is 0 Å². The minimum Gasteiger partial charge on any atom is -0.461 e. The van der Waals surface area contributed by atoms with Gasteiger partial charge in [-0.15, -0.1) is 11.8 Å². The maximum Gasteiger partial charge on any atom is 0.338 e. The van der Waals surface area contributed by atoms with Crippen LogP contribution in [-0.2, 0) is 9.47 Å². The maximum atomic E-state index is 12.9. The number of hydrogen-bond acceptors (Lipinski definition) is 5. The van der Waals surface area contributed by atoms with E-state index >= 15 is 0 Å². The first-order valence-corrected chi connectivity index (χ1v) is 13.4. The average Bonchev–Trinajstić information content (AvgIpc) is 3.31. The third-order valence-electron chi connectivity index (χ3n) is 6.48. The van der Waals surface area contributed by atoms with Crippen LogP contribution in [0.15, 0.2) is 109 Å². The van der Waals surface area contributed by atoms with Crippen LogP contribution in [0.4, 0.5) is 0 Å². The molecule has 5 rings (SSSR count). The van der Waals surface area contributed by atoms with Gasteiger partial charge in [-0.05, 0) is 52.9 Å². The van der Waals surface area contributed by atoms with Gasteiger partial charge in [-0.25, -0.2) is 9.59 Å². The van der Waals surface area contributed by atoms with Crippen LogP contribution in [0.1, 0.15) is 34.1 Å². The fraction of sp³-hybridized carbons (Fsp3) is 0.188. The Morgan fingerprint density at radius 3 is 1.65 bits per heavy atom. The van der Waals surface area contributed by atoms with Crippen molar-refractivity contribution in [2.75, 3.05) is 6.61 Å². The zero-order valence-electron chi connectivity index (χ0n) is 20.6. The number of rotatable bonds is 7. The van der Waals surface area contributed by atoms with Crippen molar-refractivity contribution in [2.45, 2.75) is 29.9 Å². The van der Waals surface area contributed by atoms with Gasteiger partial charge in [0, 0.05) is 5.25 Å². The summed E-state index contributed by atoms with van der Waals surface area (Å²) in [5.41, 5.74) is 5.30. The van der Waals surface area contributed by atoms with Gasteiger partial charge < -0.3 is 9.47 Å². The van der Waals surface area contributed by atoms with Gasteiger partial charge in [0.1, 0.15) is 12.7 Å². The Balaban J connectivity index is 1.17. The highest BCUT2D eigenvalue weighted by Crippen LogP contribution is 2.36. The highest BCUT2D eigenvalue weighted by molar-refractivity contribution is 8.00. The molecular formula is C32H28O4S. The normalized spacial score (nSPS) is 18.8. The van der Waals surface area contributed by atoms with E-state index in [0.717, 1.165) is 28.7 Å². The summed E-state index contributed by atoms with van der Waals surface area (Å²) in [4.78, 5) is 25.6. The van der Waals surface area contributed by atoms with E-state index in [1.807, 2.05) is 84.9 Å². The lowest BCUT2D eigenvalue weighted by Crippen LogP contribution is -2.29. The predicted octanol–water partition coefficient (Wildman–Crippen LogP) is 7.30. The molecule has 1 saturated heterocycles. The Bertz CT molecular complexity index is 1340. The Morgan fingerprint density at radius 2 is 1.14 bits per heavy atom. The van der Waals surface area contributed by atoms with Crippen LogP contribution in [0.3, 0.4) is 0 Å². The Labute approximate surface area is 221 Å². The first-order chi connectivity index (χ1) is 18.1. The summed E-state index contributed by atoms with van der Waals surface area (Å²) in [5, 5.41) is 0.210. The molecule has 1 fully saturated rings. The lowest BCUT2D eigenvalue weighted by atomic mass is 10.0. The molecule has 0 aromatic heterocycles. The van der Waals surface area contributed by atoms with E-state index in [4.69, 9.17) is 9.47 Å². The van der Waals surface area contributed by atoms with Gasteiger partial charge >= 0.3 is 11.9 Å². The summed E-state index contributed by atoms with van der Waals surface area (Å²) in [7, 11) is 0. The standard InChI is InChI=1S/C32H28O4S/c1-22-20-29(36-32(34)28-18-14-26(15-19-28)24-10-6-3-7-11-24)30(37-22)21-35-31(33)27-16-12-25(13-17-27)23-8-4-2-5-9-23/h2-19,22,29-30H,20-21H2,1H3/t22?,29-,30+/m0/s1. The molecule has 1 aliphatic rings. The van der Waals surface area contributed by atoms with Gasteiger partial charge in [-0.1, -0.05) is 91.9 Å². The second kappa shape index (κ2) is 11.5. The number of carbonyl (C=O) groups is 2. The summed E-state index contributed by atoms with van der Waals surface area (Å²) < 4.78 is 11.5. The summed E-state index contributed by atoms with van der Waals surface area (Å²) in [5.74, 6) is -0.728. The number of esters is 2. The smallest absolute Gasteiger partial charge is 0.338 e. The molecule has 37 heavy (non-hydrogen) atoms. The van der Waals surface area contributed by atoms with Crippen molar-refractivity contribution in [3.8, 4) is 22.3 Å². The van der Waals surface area contributed by atoms with Crippen molar-refractivity contribution in [2.24, 2.45) is 0 Å². The molecule has 0 spiro atoms. The molecule has 186 valence electrons. The van der Waals surface area contributed by atoms with Crippen LogP contribution >= 0.6 is 11.8 Å². The number of thioether (sulfide) groups is 1. The molecule has 0 aliphatic carbocycles. The van der Waals surface area contributed by atoms with E-state index in [1.54, 1.807) is 36.0 Å². The maximum absolute atomic E-state index is 12.9. The van der Waals surface area contributed by atoms with Crippen molar-refractivity contribution in [1.29, 1.82) is 0 Å². The molecule has 0 amide bonds. The van der Waals surface area contributed by atoms with Crippen molar-refractivity contribution in [1.82, 2.24) is 0 Å². The van der Waals surface area contributed by atoms with Gasteiger partial charge in [0.2, 0.25) is 0 Å². The van der Waals surface area contributed by atoms with Crippen LogP contribution in [0.2, 0.25) is 0 Å². The minimum absolute atomic E-state index is 0.102. The lowest BCUT2D eigenvalue weighted by Gasteiger charge is -2.19. The Morgan fingerprint density at radius 1 is 0.676 bits per heavy atom. The molecular weight excluding hydrogens is 480 g/mol. The monoisotopic (exact) mass is 508 g/mol. The predicted molar refractivity (Wildman–Crippen MR) is 149 cm³/mol. The van der Waals surface area contributed by atoms with Crippen LogP contribution in [0.25, 0.3) is 22.3 Å². The highest BCUT2D eigenvalue weighted by Gasteiger charge is 2.36. The number of hydrogen-bond donors (Lipinski definition) is 0. The average molecular weight is 509 g/mol. The van der Waals surface area contributed by atoms with Gasteiger partial charge in [0.05, 0.1) is 16.4 Å². The molecule has 5 heteroatoms. The Hall–Kier alpha value is -3.83. The van der Waals surface area contributed by atoms with Crippen molar-refractivity contribution >= 4 is 23.7 Å². The first kappa shape index (κ1) is 24.8. The van der Waals surface area contributed by atoms with Gasteiger partial charge in [-0.3, -0.25) is 0 Å². The fourth-order valence-corrected chi connectivity index (χ4v) is 5.88. The summed E-state index contributed by atoms with van der Waals surface area (Å²) >= 11 is 1.69. The molecule has 1 unspecified atom stereocenters. The first-order valence-electron chi connectivity index (χ1n) is 12.4. The van der Waals surface area contributed by atoms with E-state index in [1.165, 1.54) is 0 Å². The lowest BCUT2D eigenvalue weighted by molar-refractivity contribution is 0.0214. The fourth-order valence-electron chi connectivity index (χ4n) is 4.50. The molecule has 4 aromatic rings. The number of benzene rings is 4. The molecule has 1 heterocycles. The van der Waals surface area contributed by atoms with Gasteiger partial charge in [0.25, 0.3) is 0 Å². The molecule has 0 radical (unpaired) electrons. The third kappa shape index (κ3) is 6.12. The van der Waals surface area contributed by atoms with Crippen LogP contribution in [0, 0.1) is 0 Å². The second-order valence-corrected chi connectivity index (χ2v) is 10.8. The molecule has 0 N–H and O–H groups in total. The van der Waals surface area contributed by atoms with E-state index in [9.17, 15) is 9.59 Å². The third-order valence-corrected chi connectivity index (χ3v) is 7.92. The number of ether oxygens (including phenoxy) is 2. The zero-order valence-corrected chi connectivity index (χ0v) is 21.4. The van der Waals surface area contributed by atoms with Crippen LogP contribution in [0.5, 0.6) is 0 Å². The molecule has 4 aromatic carbocycles. The van der Waals surface area contributed by atoms with Crippen molar-refractivity contribution in [3.05, 3.63) is 120 Å². The summed E-state index contributed by atoms with van der Waals surface area (Å²) in [6, 6.07) is 34.9. The van der Waals surface area contributed by atoms with E-state index < -0.39 is 0 Å². The molecule has 4 nitrogen and oxygen atoms in total. The number of carbonyl (C=O) groups excluding carboxylic acids is 2. The Kier molecular flexibility index (Phi) is 7.71. The van der Waals surface area contributed by atoms with Gasteiger partial charge in [0.15, 0.2) is 0 Å². The quantitative estimate of drug-likeness (QED) is 0.245. The highest BCUT2D eigenvalue weighted by atomic mass is 32.2. The molecule has 1 aliphatic heterocycles. The SMILES string of the molecule is CC1C[C@H](OC(=O)c2ccc(-c3ccccc3)cc2)[C@@H](COC(=O)c2ccc(-c3ccccc3)cc2)S1. The van der Waals surface area contributed by atoms with Crippen molar-refractivity contribution < 1.29 is 19.1 Å². The van der Waals surface area contributed by atoms with E-state index in [-0.39, 0.29) is 29.9 Å². The summed E-state index contributed by atoms with van der Waals surface area (Å²) in [6.07, 6.45) is 0.418.